The minimum absolute atomic E-state index is 0.582. The van der Waals surface area contributed by atoms with Crippen LogP contribution in [0, 0.1) is 0 Å². The highest BCUT2D eigenvalue weighted by atomic mass is 15.2. The van der Waals surface area contributed by atoms with Crippen molar-refractivity contribution in [3.63, 3.8) is 0 Å². The van der Waals surface area contributed by atoms with E-state index in [0.29, 0.717) is 5.82 Å². The van der Waals surface area contributed by atoms with Gasteiger partial charge in [-0.25, -0.2) is 0 Å². The quantitative estimate of drug-likeness (QED) is 0.740. The molecule has 88 valence electrons. The van der Waals surface area contributed by atoms with Crippen molar-refractivity contribution in [3.05, 3.63) is 35.5 Å². The molecular weight excluding hydrogens is 212 g/mol. The maximum atomic E-state index is 5.78. The smallest absolute Gasteiger partial charge is 0.143 e. The molecule has 0 unspecified atom stereocenters. The summed E-state index contributed by atoms with van der Waals surface area (Å²) in [4.78, 5) is 0. The van der Waals surface area contributed by atoms with Gasteiger partial charge in [0.15, 0.2) is 0 Å². The van der Waals surface area contributed by atoms with Crippen LogP contribution in [0.3, 0.4) is 0 Å². The highest BCUT2D eigenvalue weighted by Crippen LogP contribution is 2.30. The number of nitrogens with one attached hydrogen (secondary N) is 2. The number of nitrogen functional groups attached to an aromatic ring is 1. The minimum atomic E-state index is 0.582. The lowest BCUT2D eigenvalue weighted by Gasteiger charge is -2.19. The van der Waals surface area contributed by atoms with Crippen molar-refractivity contribution in [2.75, 3.05) is 11.1 Å². The van der Waals surface area contributed by atoms with Gasteiger partial charge in [0, 0.05) is 5.69 Å². The molecule has 4 N–H and O–H groups in total. The van der Waals surface area contributed by atoms with Crippen LogP contribution >= 0.6 is 0 Å². The van der Waals surface area contributed by atoms with E-state index in [1.165, 1.54) is 30.4 Å². The number of benzene rings is 1. The van der Waals surface area contributed by atoms with Gasteiger partial charge in [0.1, 0.15) is 11.5 Å². The average Bonchev–Trinajstić information content (AvgIpc) is 2.76. The van der Waals surface area contributed by atoms with Crippen LogP contribution in [0.1, 0.15) is 24.0 Å². The second kappa shape index (κ2) is 4.13. The summed E-state index contributed by atoms with van der Waals surface area (Å²) in [6.07, 6.45) is 6.62. The van der Waals surface area contributed by atoms with Gasteiger partial charge in [0.05, 0.1) is 6.20 Å². The van der Waals surface area contributed by atoms with Gasteiger partial charge in [-0.15, -0.1) is 0 Å². The third-order valence-electron chi connectivity index (χ3n) is 3.33. The molecule has 0 bridgehead atoms. The number of hydrogen-bond donors (Lipinski definition) is 3. The van der Waals surface area contributed by atoms with Crippen LogP contribution in [0.4, 0.5) is 17.2 Å². The third kappa shape index (κ3) is 1.86. The standard InChI is InChI=1S/C13H16N4/c14-13-12(8-15-17-13)16-11-7-3-5-9-4-1-2-6-10(9)11/h3,5,7-8,16H,1-2,4,6H2,(H3,14,15,17). The molecule has 0 saturated heterocycles. The van der Waals surface area contributed by atoms with Gasteiger partial charge in [-0.3, -0.25) is 5.10 Å². The average molecular weight is 228 g/mol. The van der Waals surface area contributed by atoms with Gasteiger partial charge in [-0.05, 0) is 42.9 Å². The number of hydrogen-bond acceptors (Lipinski definition) is 3. The van der Waals surface area contributed by atoms with Crippen molar-refractivity contribution in [3.8, 4) is 0 Å². The number of anilines is 3. The first-order chi connectivity index (χ1) is 8.34. The molecule has 4 heteroatoms. The molecule has 3 rings (SSSR count). The number of H-pyrrole nitrogens is 1. The number of fused-ring (bicyclic) bond motifs is 1. The molecule has 0 amide bonds. The second-order valence-corrected chi connectivity index (χ2v) is 4.47. The SMILES string of the molecule is Nc1[nH]ncc1Nc1cccc2c1CCCC2. The number of rotatable bonds is 2. The zero-order chi connectivity index (χ0) is 11.7. The van der Waals surface area contributed by atoms with Crippen molar-refractivity contribution < 1.29 is 0 Å². The molecule has 1 aromatic heterocycles. The van der Waals surface area contributed by atoms with Crippen LogP contribution in [0.15, 0.2) is 24.4 Å². The van der Waals surface area contributed by atoms with Crippen molar-refractivity contribution in [2.24, 2.45) is 0 Å². The molecule has 0 aliphatic heterocycles. The van der Waals surface area contributed by atoms with Gasteiger partial charge in [0.2, 0.25) is 0 Å². The van der Waals surface area contributed by atoms with E-state index in [4.69, 9.17) is 5.73 Å². The van der Waals surface area contributed by atoms with E-state index in [1.807, 2.05) is 0 Å². The highest BCUT2D eigenvalue weighted by molar-refractivity contribution is 5.71. The molecule has 1 heterocycles. The number of aromatic nitrogens is 2. The predicted molar refractivity (Wildman–Crippen MR) is 69.4 cm³/mol. The number of aromatic amines is 1. The Morgan fingerprint density at radius 1 is 1.18 bits per heavy atom. The Morgan fingerprint density at radius 3 is 2.88 bits per heavy atom. The summed E-state index contributed by atoms with van der Waals surface area (Å²) >= 11 is 0. The Kier molecular flexibility index (Phi) is 2.48. The molecule has 4 nitrogen and oxygen atoms in total. The fraction of sp³-hybridized carbons (Fsp3) is 0.308. The summed E-state index contributed by atoms with van der Waals surface area (Å²) in [5, 5.41) is 10.0. The van der Waals surface area contributed by atoms with Gasteiger partial charge in [-0.2, -0.15) is 5.10 Å². The van der Waals surface area contributed by atoms with Crippen molar-refractivity contribution in [1.29, 1.82) is 0 Å². The number of nitrogens with zero attached hydrogens (tertiary/aromatic N) is 1. The molecular formula is C13H16N4. The maximum absolute atomic E-state index is 5.78. The Bertz CT molecular complexity index is 530. The molecule has 0 radical (unpaired) electrons. The van der Waals surface area contributed by atoms with E-state index in [1.54, 1.807) is 6.20 Å². The zero-order valence-electron chi connectivity index (χ0n) is 9.66. The first-order valence-electron chi connectivity index (χ1n) is 6.01. The summed E-state index contributed by atoms with van der Waals surface area (Å²) < 4.78 is 0. The zero-order valence-corrected chi connectivity index (χ0v) is 9.66. The van der Waals surface area contributed by atoms with Gasteiger partial charge in [-0.1, -0.05) is 12.1 Å². The summed E-state index contributed by atoms with van der Waals surface area (Å²) in [5.74, 6) is 0.582. The lowest BCUT2D eigenvalue weighted by molar-refractivity contribution is 0.687. The molecule has 2 aromatic rings. The van der Waals surface area contributed by atoms with Gasteiger partial charge >= 0.3 is 0 Å². The number of nitrogens with two attached hydrogens (primary N) is 1. The predicted octanol–water partition coefficient (Wildman–Crippen LogP) is 2.61. The molecule has 0 atom stereocenters. The Morgan fingerprint density at radius 2 is 2.06 bits per heavy atom. The monoisotopic (exact) mass is 228 g/mol. The molecule has 1 aliphatic rings. The lowest BCUT2D eigenvalue weighted by atomic mass is 9.90. The summed E-state index contributed by atoms with van der Waals surface area (Å²) in [6, 6.07) is 6.43. The fourth-order valence-electron chi connectivity index (χ4n) is 2.44. The van der Waals surface area contributed by atoms with E-state index in [9.17, 15) is 0 Å². The Labute approximate surface area is 100 Å². The van der Waals surface area contributed by atoms with Gasteiger partial charge < -0.3 is 11.1 Å². The van der Waals surface area contributed by atoms with E-state index >= 15 is 0 Å². The van der Waals surface area contributed by atoms with Crippen LogP contribution in [-0.4, -0.2) is 10.2 Å². The van der Waals surface area contributed by atoms with Gasteiger partial charge in [0.25, 0.3) is 0 Å². The topological polar surface area (TPSA) is 66.7 Å². The van der Waals surface area contributed by atoms with Crippen molar-refractivity contribution >= 4 is 17.2 Å². The van der Waals surface area contributed by atoms with Crippen LogP contribution in [0.5, 0.6) is 0 Å². The summed E-state index contributed by atoms with van der Waals surface area (Å²) in [7, 11) is 0. The molecule has 1 aliphatic carbocycles. The van der Waals surface area contributed by atoms with E-state index in [0.717, 1.165) is 17.8 Å². The lowest BCUT2D eigenvalue weighted by Crippen LogP contribution is -2.06. The van der Waals surface area contributed by atoms with Crippen molar-refractivity contribution in [1.82, 2.24) is 10.2 Å². The molecule has 0 spiro atoms. The van der Waals surface area contributed by atoms with Crippen LogP contribution < -0.4 is 11.1 Å². The molecule has 1 aromatic carbocycles. The Balaban J connectivity index is 1.95. The minimum Gasteiger partial charge on any atom is -0.382 e. The summed E-state index contributed by atoms with van der Waals surface area (Å²) in [5.41, 5.74) is 10.7. The molecule has 0 fully saturated rings. The highest BCUT2D eigenvalue weighted by Gasteiger charge is 2.13. The van der Waals surface area contributed by atoms with E-state index in [-0.39, 0.29) is 0 Å². The number of aryl methyl sites for hydroxylation is 1. The first-order valence-corrected chi connectivity index (χ1v) is 6.01. The van der Waals surface area contributed by atoms with Crippen LogP contribution in [0.2, 0.25) is 0 Å². The second-order valence-electron chi connectivity index (χ2n) is 4.47. The summed E-state index contributed by atoms with van der Waals surface area (Å²) in [6.45, 7) is 0. The van der Waals surface area contributed by atoms with E-state index in [2.05, 4.69) is 33.7 Å². The van der Waals surface area contributed by atoms with E-state index < -0.39 is 0 Å². The normalized spacial score (nSPS) is 14.4. The van der Waals surface area contributed by atoms with Crippen LogP contribution in [-0.2, 0) is 12.8 Å². The molecule has 0 saturated carbocycles. The third-order valence-corrected chi connectivity index (χ3v) is 3.33. The van der Waals surface area contributed by atoms with Crippen molar-refractivity contribution in [2.45, 2.75) is 25.7 Å². The van der Waals surface area contributed by atoms with Crippen LogP contribution in [0.25, 0.3) is 0 Å². The molecule has 17 heavy (non-hydrogen) atoms. The fourth-order valence-corrected chi connectivity index (χ4v) is 2.44. The first kappa shape index (κ1) is 10.2. The Hall–Kier alpha value is -1.97. The maximum Gasteiger partial charge on any atom is 0.143 e. The largest absolute Gasteiger partial charge is 0.382 e.